The fourth-order valence-electron chi connectivity index (χ4n) is 0.654. The van der Waals surface area contributed by atoms with Gasteiger partial charge in [0.15, 0.2) is 0 Å². The summed E-state index contributed by atoms with van der Waals surface area (Å²) in [7, 11) is 3.51. The lowest BCUT2D eigenvalue weighted by atomic mass is 10.5. The standard InChI is InChI=1S/C6H13N3O4/c1-8(2)5-6(10)7-3-4-13-9(11)12/h3-5H2,1-2H3,(H,7,10). The monoisotopic (exact) mass is 191 g/mol. The van der Waals surface area contributed by atoms with Crippen LogP contribution in [0.15, 0.2) is 0 Å². The van der Waals surface area contributed by atoms with Crippen LogP contribution >= 0.6 is 0 Å². The topological polar surface area (TPSA) is 84.7 Å². The molecule has 7 heteroatoms. The first-order chi connectivity index (χ1) is 6.02. The number of nitrogens with zero attached hydrogens (tertiary/aromatic N) is 2. The van der Waals surface area contributed by atoms with E-state index in [0.717, 1.165) is 0 Å². The van der Waals surface area contributed by atoms with Crippen molar-refractivity contribution < 1.29 is 14.7 Å². The van der Waals surface area contributed by atoms with E-state index >= 15 is 0 Å². The number of hydrogen-bond donors (Lipinski definition) is 1. The molecule has 0 unspecified atom stereocenters. The number of nitrogens with one attached hydrogen (secondary N) is 1. The van der Waals surface area contributed by atoms with Crippen molar-refractivity contribution in [2.75, 3.05) is 33.8 Å². The summed E-state index contributed by atoms with van der Waals surface area (Å²) in [6.07, 6.45) is 0. The van der Waals surface area contributed by atoms with E-state index < -0.39 is 5.09 Å². The zero-order valence-corrected chi connectivity index (χ0v) is 7.65. The minimum Gasteiger partial charge on any atom is -0.353 e. The number of likely N-dealkylation sites (N-methyl/N-ethyl adjacent to an activating group) is 1. The molecule has 0 aliphatic rings. The Morgan fingerprint density at radius 1 is 1.62 bits per heavy atom. The molecule has 0 radical (unpaired) electrons. The van der Waals surface area contributed by atoms with Crippen molar-refractivity contribution in [3.63, 3.8) is 0 Å². The Bertz CT molecular complexity index is 183. The first-order valence-corrected chi connectivity index (χ1v) is 3.71. The zero-order valence-electron chi connectivity index (χ0n) is 7.65. The number of rotatable bonds is 6. The van der Waals surface area contributed by atoms with Crippen LogP contribution in [-0.2, 0) is 9.63 Å². The van der Waals surface area contributed by atoms with Crippen LogP contribution in [0.3, 0.4) is 0 Å². The molecule has 13 heavy (non-hydrogen) atoms. The summed E-state index contributed by atoms with van der Waals surface area (Å²) in [5, 5.41) is 11.3. The molecule has 0 spiro atoms. The van der Waals surface area contributed by atoms with Gasteiger partial charge in [-0.2, -0.15) is 0 Å². The van der Waals surface area contributed by atoms with Crippen molar-refractivity contribution in [3.8, 4) is 0 Å². The molecule has 0 aromatic carbocycles. The maximum atomic E-state index is 10.9. The van der Waals surface area contributed by atoms with Gasteiger partial charge in [0.2, 0.25) is 5.91 Å². The van der Waals surface area contributed by atoms with Gasteiger partial charge in [-0.05, 0) is 14.1 Å². The summed E-state index contributed by atoms with van der Waals surface area (Å²) >= 11 is 0. The molecule has 0 saturated carbocycles. The molecule has 0 rings (SSSR count). The van der Waals surface area contributed by atoms with E-state index in [1.165, 1.54) is 0 Å². The molecule has 0 aromatic heterocycles. The smallest absolute Gasteiger partial charge is 0.294 e. The average molecular weight is 191 g/mol. The summed E-state index contributed by atoms with van der Waals surface area (Å²) in [6.45, 7) is 0.290. The Labute approximate surface area is 75.8 Å². The fraction of sp³-hybridized carbons (Fsp3) is 0.833. The number of carbonyl (C=O) groups is 1. The van der Waals surface area contributed by atoms with Crippen LogP contribution in [0.2, 0.25) is 0 Å². The molecule has 7 nitrogen and oxygen atoms in total. The Hall–Kier alpha value is -1.37. The molecule has 0 heterocycles. The maximum Gasteiger partial charge on any atom is 0.294 e. The summed E-state index contributed by atoms with van der Waals surface area (Å²) in [5.41, 5.74) is 0. The SMILES string of the molecule is CN(C)CC(=O)NCCO[N+](=O)[O-]. The average Bonchev–Trinajstić information content (AvgIpc) is 1.96. The van der Waals surface area contributed by atoms with E-state index in [0.29, 0.717) is 0 Å². The molecule has 0 bridgehead atoms. The van der Waals surface area contributed by atoms with Gasteiger partial charge in [-0.1, -0.05) is 0 Å². The van der Waals surface area contributed by atoms with Crippen LogP contribution < -0.4 is 5.32 Å². The van der Waals surface area contributed by atoms with E-state index in [9.17, 15) is 14.9 Å². The Balaban J connectivity index is 3.32. The molecular formula is C6H13N3O4. The Kier molecular flexibility index (Phi) is 5.53. The normalized spacial score (nSPS) is 9.77. The second kappa shape index (κ2) is 6.18. The third-order valence-electron chi connectivity index (χ3n) is 1.08. The van der Waals surface area contributed by atoms with Gasteiger partial charge in [-0.3, -0.25) is 4.79 Å². The molecule has 76 valence electrons. The van der Waals surface area contributed by atoms with E-state index in [1.807, 2.05) is 0 Å². The van der Waals surface area contributed by atoms with Crippen molar-refractivity contribution in [2.45, 2.75) is 0 Å². The summed E-state index contributed by atoms with van der Waals surface area (Å²) in [6, 6.07) is 0. The van der Waals surface area contributed by atoms with Crippen LogP contribution in [0.4, 0.5) is 0 Å². The van der Waals surface area contributed by atoms with Crippen LogP contribution in [0.5, 0.6) is 0 Å². The van der Waals surface area contributed by atoms with Gasteiger partial charge in [0.05, 0.1) is 6.54 Å². The number of hydrogen-bond acceptors (Lipinski definition) is 5. The first kappa shape index (κ1) is 11.6. The molecule has 1 N–H and O–H groups in total. The largest absolute Gasteiger partial charge is 0.353 e. The van der Waals surface area contributed by atoms with Gasteiger partial charge in [0.1, 0.15) is 6.61 Å². The van der Waals surface area contributed by atoms with Gasteiger partial charge >= 0.3 is 0 Å². The van der Waals surface area contributed by atoms with Gasteiger partial charge < -0.3 is 15.1 Å². The predicted octanol–water partition coefficient (Wildman–Crippen LogP) is -1.13. The van der Waals surface area contributed by atoms with E-state index in [2.05, 4.69) is 10.2 Å². The van der Waals surface area contributed by atoms with Crippen molar-refractivity contribution in [1.29, 1.82) is 0 Å². The van der Waals surface area contributed by atoms with Crippen LogP contribution in [-0.4, -0.2) is 49.7 Å². The lowest BCUT2D eigenvalue weighted by Gasteiger charge is -2.09. The summed E-state index contributed by atoms with van der Waals surface area (Å²) < 4.78 is 0. The lowest BCUT2D eigenvalue weighted by molar-refractivity contribution is -0.757. The summed E-state index contributed by atoms with van der Waals surface area (Å²) in [5.74, 6) is -0.183. The second-order valence-electron chi connectivity index (χ2n) is 2.64. The van der Waals surface area contributed by atoms with Gasteiger partial charge in [0.25, 0.3) is 5.09 Å². The van der Waals surface area contributed by atoms with Gasteiger partial charge in [-0.15, -0.1) is 10.1 Å². The Morgan fingerprint density at radius 3 is 2.69 bits per heavy atom. The molecule has 0 aliphatic heterocycles. The highest BCUT2D eigenvalue weighted by atomic mass is 16.9. The molecule has 0 aliphatic carbocycles. The van der Waals surface area contributed by atoms with E-state index in [1.54, 1.807) is 19.0 Å². The van der Waals surface area contributed by atoms with Crippen LogP contribution in [0.25, 0.3) is 0 Å². The fourth-order valence-corrected chi connectivity index (χ4v) is 0.654. The third-order valence-corrected chi connectivity index (χ3v) is 1.08. The molecule has 0 fully saturated rings. The molecule has 1 amide bonds. The van der Waals surface area contributed by atoms with Gasteiger partial charge in [0, 0.05) is 6.54 Å². The third kappa shape index (κ3) is 8.54. The van der Waals surface area contributed by atoms with E-state index in [-0.39, 0.29) is 25.6 Å². The molecule has 0 atom stereocenters. The molecule has 0 aromatic rings. The minimum atomic E-state index is -0.891. The quantitative estimate of drug-likeness (QED) is 0.326. The maximum absolute atomic E-state index is 10.9. The number of amides is 1. The molecular weight excluding hydrogens is 178 g/mol. The zero-order chi connectivity index (χ0) is 10.3. The van der Waals surface area contributed by atoms with Crippen molar-refractivity contribution in [3.05, 3.63) is 10.1 Å². The van der Waals surface area contributed by atoms with Crippen molar-refractivity contribution in [2.24, 2.45) is 0 Å². The van der Waals surface area contributed by atoms with Gasteiger partial charge in [-0.25, -0.2) is 0 Å². The predicted molar refractivity (Wildman–Crippen MR) is 44.5 cm³/mol. The highest BCUT2D eigenvalue weighted by Gasteiger charge is 2.01. The van der Waals surface area contributed by atoms with Crippen LogP contribution in [0.1, 0.15) is 0 Å². The van der Waals surface area contributed by atoms with E-state index in [4.69, 9.17) is 0 Å². The van der Waals surface area contributed by atoms with Crippen LogP contribution in [0, 0.1) is 10.1 Å². The highest BCUT2D eigenvalue weighted by Crippen LogP contribution is 1.76. The lowest BCUT2D eigenvalue weighted by Crippen LogP contribution is -2.35. The Morgan fingerprint density at radius 2 is 2.23 bits per heavy atom. The number of carbonyl (C=O) groups excluding carboxylic acids is 1. The summed E-state index contributed by atoms with van der Waals surface area (Å²) in [4.78, 5) is 26.3. The van der Waals surface area contributed by atoms with Crippen molar-refractivity contribution >= 4 is 5.91 Å². The van der Waals surface area contributed by atoms with Crippen molar-refractivity contribution in [1.82, 2.24) is 10.2 Å². The second-order valence-corrected chi connectivity index (χ2v) is 2.64. The minimum absolute atomic E-state index is 0.119. The first-order valence-electron chi connectivity index (χ1n) is 3.71. The highest BCUT2D eigenvalue weighted by molar-refractivity contribution is 5.77. The molecule has 0 saturated heterocycles.